The van der Waals surface area contributed by atoms with Crippen LogP contribution in [0.4, 0.5) is 5.82 Å². The Kier molecular flexibility index (Phi) is 4.05. The van der Waals surface area contributed by atoms with Crippen molar-refractivity contribution in [1.29, 1.82) is 0 Å². The van der Waals surface area contributed by atoms with E-state index >= 15 is 0 Å². The van der Waals surface area contributed by atoms with Gasteiger partial charge in [-0.1, -0.05) is 23.7 Å². The summed E-state index contributed by atoms with van der Waals surface area (Å²) in [5.41, 5.74) is 2.58. The maximum absolute atomic E-state index is 11.6. The number of halogens is 1. The normalized spacial score (nSPS) is 11.7. The number of fused-ring (bicyclic) bond motifs is 1. The quantitative estimate of drug-likeness (QED) is 0.747. The van der Waals surface area contributed by atoms with Gasteiger partial charge in [-0.15, -0.1) is 0 Å². The third-order valence-electron chi connectivity index (χ3n) is 3.76. The summed E-state index contributed by atoms with van der Waals surface area (Å²) in [6.45, 7) is 7.80. The van der Waals surface area contributed by atoms with Crippen molar-refractivity contribution in [3.8, 4) is 11.1 Å². The minimum absolute atomic E-state index is 0.162. The zero-order chi connectivity index (χ0) is 17.5. The molecular formula is C18H19ClN4O. The highest BCUT2D eigenvalue weighted by Crippen LogP contribution is 2.36. The van der Waals surface area contributed by atoms with E-state index in [2.05, 4.69) is 40.6 Å². The molecule has 6 heteroatoms. The fraction of sp³-hybridized carbons (Fsp3) is 0.278. The van der Waals surface area contributed by atoms with E-state index in [1.165, 1.54) is 13.3 Å². The Morgan fingerprint density at radius 2 is 1.83 bits per heavy atom. The number of benzene rings is 1. The van der Waals surface area contributed by atoms with Gasteiger partial charge in [0.1, 0.15) is 17.8 Å². The molecule has 1 aromatic carbocycles. The van der Waals surface area contributed by atoms with Crippen molar-refractivity contribution >= 4 is 34.4 Å². The lowest BCUT2D eigenvalue weighted by molar-refractivity contribution is -0.114. The molecule has 3 rings (SSSR count). The van der Waals surface area contributed by atoms with Crippen molar-refractivity contribution in [2.75, 3.05) is 5.32 Å². The molecule has 0 aliphatic heterocycles. The lowest BCUT2D eigenvalue weighted by Gasteiger charge is -2.21. The Morgan fingerprint density at radius 1 is 1.17 bits per heavy atom. The van der Waals surface area contributed by atoms with Crippen molar-refractivity contribution in [1.82, 2.24) is 14.5 Å². The van der Waals surface area contributed by atoms with Crippen LogP contribution in [0.2, 0.25) is 5.02 Å². The molecule has 1 N–H and O–H groups in total. The van der Waals surface area contributed by atoms with Crippen LogP contribution in [-0.4, -0.2) is 20.4 Å². The molecule has 24 heavy (non-hydrogen) atoms. The molecule has 3 aromatic rings. The van der Waals surface area contributed by atoms with Crippen LogP contribution in [0.25, 0.3) is 22.2 Å². The minimum Gasteiger partial charge on any atom is -0.326 e. The van der Waals surface area contributed by atoms with Gasteiger partial charge in [0.2, 0.25) is 5.91 Å². The van der Waals surface area contributed by atoms with Crippen LogP contribution in [0.15, 0.2) is 36.8 Å². The number of rotatable bonds is 2. The summed E-state index contributed by atoms with van der Waals surface area (Å²) in [7, 11) is 0. The van der Waals surface area contributed by atoms with Crippen molar-refractivity contribution in [2.24, 2.45) is 0 Å². The van der Waals surface area contributed by atoms with Crippen molar-refractivity contribution in [2.45, 2.75) is 33.2 Å². The topological polar surface area (TPSA) is 59.8 Å². The van der Waals surface area contributed by atoms with Crippen molar-refractivity contribution in [3.05, 3.63) is 41.8 Å². The van der Waals surface area contributed by atoms with Crippen LogP contribution < -0.4 is 5.32 Å². The second-order valence-corrected chi connectivity index (χ2v) is 7.13. The molecule has 0 unspecified atom stereocenters. The van der Waals surface area contributed by atoms with Gasteiger partial charge in [-0.25, -0.2) is 9.97 Å². The molecule has 5 nitrogen and oxygen atoms in total. The molecule has 0 aliphatic carbocycles. The molecule has 1 amide bonds. The Bertz CT molecular complexity index is 907. The van der Waals surface area contributed by atoms with Gasteiger partial charge < -0.3 is 9.88 Å². The van der Waals surface area contributed by atoms with Crippen LogP contribution in [-0.2, 0) is 10.3 Å². The van der Waals surface area contributed by atoms with E-state index in [9.17, 15) is 4.79 Å². The van der Waals surface area contributed by atoms with E-state index in [-0.39, 0.29) is 11.4 Å². The molecule has 0 aliphatic rings. The molecule has 2 aromatic heterocycles. The number of anilines is 1. The number of hydrogen-bond donors (Lipinski definition) is 1. The largest absolute Gasteiger partial charge is 0.326 e. The number of nitrogens with zero attached hydrogens (tertiary/aromatic N) is 3. The summed E-state index contributed by atoms with van der Waals surface area (Å²) in [5, 5.41) is 4.31. The van der Waals surface area contributed by atoms with Crippen LogP contribution in [0.5, 0.6) is 0 Å². The monoisotopic (exact) mass is 342 g/mol. The number of nitrogens with one attached hydrogen (secondary N) is 1. The Labute approximate surface area is 145 Å². The van der Waals surface area contributed by atoms with Gasteiger partial charge in [-0.05, 0) is 38.5 Å². The van der Waals surface area contributed by atoms with Crippen LogP contribution in [0, 0.1) is 0 Å². The van der Waals surface area contributed by atoms with Crippen molar-refractivity contribution in [3.63, 3.8) is 0 Å². The van der Waals surface area contributed by atoms with Gasteiger partial charge in [-0.3, -0.25) is 4.79 Å². The highest BCUT2D eigenvalue weighted by atomic mass is 35.5. The lowest BCUT2D eigenvalue weighted by Crippen LogP contribution is -2.21. The molecule has 2 heterocycles. The predicted molar refractivity (Wildman–Crippen MR) is 97.3 cm³/mol. The summed E-state index contributed by atoms with van der Waals surface area (Å²) < 4.78 is 2.10. The van der Waals surface area contributed by atoms with E-state index in [1.807, 2.05) is 30.5 Å². The van der Waals surface area contributed by atoms with Crippen LogP contribution in [0.1, 0.15) is 27.7 Å². The number of amides is 1. The molecule has 124 valence electrons. The molecule has 0 saturated heterocycles. The molecule has 0 bridgehead atoms. The first-order chi connectivity index (χ1) is 11.3. The standard InChI is InChI=1S/C18H19ClN4O/c1-11(24)22-16-15-14(12-5-7-13(19)8-6-12)9-23(18(2,3)4)17(15)21-10-20-16/h5-10H,1-4H3,(H,20,21,22,24). The maximum atomic E-state index is 11.6. The molecule has 0 radical (unpaired) electrons. The van der Waals surface area contributed by atoms with Gasteiger partial charge >= 0.3 is 0 Å². The third kappa shape index (κ3) is 2.99. The summed E-state index contributed by atoms with van der Waals surface area (Å²) in [4.78, 5) is 20.3. The predicted octanol–water partition coefficient (Wildman–Crippen LogP) is 4.47. The SMILES string of the molecule is CC(=O)Nc1ncnc2c1c(-c1ccc(Cl)cc1)cn2C(C)(C)C. The van der Waals surface area contributed by atoms with E-state index < -0.39 is 0 Å². The first kappa shape index (κ1) is 16.5. The first-order valence-corrected chi connectivity index (χ1v) is 8.05. The van der Waals surface area contributed by atoms with E-state index in [0.29, 0.717) is 10.8 Å². The second kappa shape index (κ2) is 5.91. The summed E-state index contributed by atoms with van der Waals surface area (Å²) in [6.07, 6.45) is 3.52. The molecule has 0 fully saturated rings. The Hall–Kier alpha value is -2.40. The van der Waals surface area contributed by atoms with Crippen molar-refractivity contribution < 1.29 is 4.79 Å². The lowest BCUT2D eigenvalue weighted by atomic mass is 10.1. The highest BCUT2D eigenvalue weighted by Gasteiger charge is 2.22. The van der Waals surface area contributed by atoms with Gasteiger partial charge in [0.05, 0.1) is 5.39 Å². The Balaban J connectivity index is 2.34. The summed E-state index contributed by atoms with van der Waals surface area (Å²) in [6, 6.07) is 7.60. The number of aromatic nitrogens is 3. The number of carbonyl (C=O) groups excluding carboxylic acids is 1. The zero-order valence-electron chi connectivity index (χ0n) is 14.1. The van der Waals surface area contributed by atoms with Gasteiger partial charge in [0.25, 0.3) is 0 Å². The van der Waals surface area contributed by atoms with E-state index in [1.54, 1.807) is 0 Å². The first-order valence-electron chi connectivity index (χ1n) is 7.67. The fourth-order valence-corrected chi connectivity index (χ4v) is 2.81. The fourth-order valence-electron chi connectivity index (χ4n) is 2.68. The average Bonchev–Trinajstić information content (AvgIpc) is 2.88. The van der Waals surface area contributed by atoms with Gasteiger partial charge in [0, 0.05) is 29.2 Å². The van der Waals surface area contributed by atoms with Crippen LogP contribution in [0.3, 0.4) is 0 Å². The Morgan fingerprint density at radius 3 is 2.42 bits per heavy atom. The minimum atomic E-state index is -0.166. The third-order valence-corrected chi connectivity index (χ3v) is 4.01. The van der Waals surface area contributed by atoms with Crippen LogP contribution >= 0.6 is 11.6 Å². The number of carbonyl (C=O) groups is 1. The molecule has 0 saturated carbocycles. The van der Waals surface area contributed by atoms with Gasteiger partial charge in [-0.2, -0.15) is 0 Å². The summed E-state index contributed by atoms with van der Waals surface area (Å²) in [5.74, 6) is 0.348. The van der Waals surface area contributed by atoms with Gasteiger partial charge in [0.15, 0.2) is 0 Å². The average molecular weight is 343 g/mol. The van der Waals surface area contributed by atoms with E-state index in [4.69, 9.17) is 11.6 Å². The second-order valence-electron chi connectivity index (χ2n) is 6.69. The molecule has 0 spiro atoms. The highest BCUT2D eigenvalue weighted by molar-refractivity contribution is 6.30. The number of hydrogen-bond acceptors (Lipinski definition) is 3. The smallest absolute Gasteiger partial charge is 0.222 e. The van der Waals surface area contributed by atoms with E-state index in [0.717, 1.165) is 22.2 Å². The maximum Gasteiger partial charge on any atom is 0.222 e. The molecule has 0 atom stereocenters. The summed E-state index contributed by atoms with van der Waals surface area (Å²) >= 11 is 6.01. The zero-order valence-corrected chi connectivity index (χ0v) is 14.8. The molecular weight excluding hydrogens is 324 g/mol.